The molecule has 2 rings (SSSR count). The Morgan fingerprint density at radius 3 is 1.87 bits per heavy atom. The standard InChI is InChI=1S/C20H21Cl2N3O6/c1-10(26)18(25-24-13-9-15(29-3)14(28-2)8-12(13)22)20(27)23-19-16(30-4)6-11(21)7-17(19)31-5/h6-9,18H,1-5H3,(H,23,27). The molecule has 2 aromatic rings. The molecule has 0 fully saturated rings. The van der Waals surface area contributed by atoms with Crippen molar-refractivity contribution in [3.63, 3.8) is 0 Å². The van der Waals surface area contributed by atoms with E-state index in [2.05, 4.69) is 15.5 Å². The van der Waals surface area contributed by atoms with E-state index < -0.39 is 17.7 Å². The molecule has 0 saturated carbocycles. The maximum atomic E-state index is 12.8. The molecule has 0 radical (unpaired) electrons. The van der Waals surface area contributed by atoms with Gasteiger partial charge in [0.1, 0.15) is 22.9 Å². The first-order chi connectivity index (χ1) is 14.7. The number of halogens is 2. The summed E-state index contributed by atoms with van der Waals surface area (Å²) in [6, 6.07) is 4.50. The number of benzene rings is 2. The number of nitrogens with one attached hydrogen (secondary N) is 1. The topological polar surface area (TPSA) is 108 Å². The van der Waals surface area contributed by atoms with Gasteiger partial charge in [-0.2, -0.15) is 10.2 Å². The van der Waals surface area contributed by atoms with Crippen molar-refractivity contribution in [2.45, 2.75) is 13.0 Å². The van der Waals surface area contributed by atoms with Gasteiger partial charge in [-0.15, -0.1) is 0 Å². The fourth-order valence-electron chi connectivity index (χ4n) is 2.55. The Balaban J connectivity index is 2.36. The first-order valence-electron chi connectivity index (χ1n) is 8.80. The van der Waals surface area contributed by atoms with Crippen molar-refractivity contribution in [2.75, 3.05) is 33.8 Å². The molecule has 0 aliphatic carbocycles. The molecule has 0 saturated heterocycles. The van der Waals surface area contributed by atoms with Gasteiger partial charge in [-0.1, -0.05) is 23.2 Å². The van der Waals surface area contributed by atoms with Crippen LogP contribution in [0.4, 0.5) is 11.4 Å². The number of methoxy groups -OCH3 is 4. The number of Topliss-reactive ketones (excluding diaryl/α,β-unsaturated/α-hetero) is 1. The lowest BCUT2D eigenvalue weighted by molar-refractivity contribution is -0.126. The summed E-state index contributed by atoms with van der Waals surface area (Å²) >= 11 is 12.2. The molecular formula is C20H21Cl2N3O6. The zero-order valence-corrected chi connectivity index (χ0v) is 19.0. The lowest BCUT2D eigenvalue weighted by Gasteiger charge is -2.16. The summed E-state index contributed by atoms with van der Waals surface area (Å²) in [5, 5.41) is 11.0. The van der Waals surface area contributed by atoms with Gasteiger partial charge >= 0.3 is 0 Å². The molecule has 166 valence electrons. The summed E-state index contributed by atoms with van der Waals surface area (Å²) in [4.78, 5) is 24.9. The van der Waals surface area contributed by atoms with E-state index in [1.54, 1.807) is 0 Å². The van der Waals surface area contributed by atoms with Gasteiger partial charge in [0.15, 0.2) is 17.3 Å². The Kier molecular flexibility index (Phi) is 8.47. The first kappa shape index (κ1) is 24.2. The van der Waals surface area contributed by atoms with Crippen LogP contribution in [0.15, 0.2) is 34.5 Å². The monoisotopic (exact) mass is 469 g/mol. The third kappa shape index (κ3) is 5.77. The van der Waals surface area contributed by atoms with Crippen LogP contribution in [0.1, 0.15) is 6.92 Å². The maximum absolute atomic E-state index is 12.8. The Morgan fingerprint density at radius 2 is 1.39 bits per heavy atom. The van der Waals surface area contributed by atoms with Gasteiger partial charge < -0.3 is 24.3 Å². The zero-order valence-electron chi connectivity index (χ0n) is 17.5. The molecular weight excluding hydrogens is 449 g/mol. The van der Waals surface area contributed by atoms with Crippen molar-refractivity contribution in [1.82, 2.24) is 0 Å². The molecule has 1 amide bonds. The SMILES string of the molecule is COc1cc(Cl)c(N=NC(C(C)=O)C(=O)Nc2c(OC)cc(Cl)cc2OC)cc1OC. The van der Waals surface area contributed by atoms with Gasteiger partial charge in [0.2, 0.25) is 6.04 Å². The van der Waals surface area contributed by atoms with Crippen molar-refractivity contribution in [3.8, 4) is 23.0 Å². The molecule has 31 heavy (non-hydrogen) atoms. The average Bonchev–Trinajstić information content (AvgIpc) is 2.74. The second-order valence-corrected chi connectivity index (χ2v) is 6.91. The van der Waals surface area contributed by atoms with E-state index in [0.29, 0.717) is 16.5 Å². The van der Waals surface area contributed by atoms with Gasteiger partial charge in [0.05, 0.1) is 33.5 Å². The van der Waals surface area contributed by atoms with Crippen molar-refractivity contribution < 1.29 is 28.5 Å². The van der Waals surface area contributed by atoms with E-state index in [1.807, 2.05) is 0 Å². The largest absolute Gasteiger partial charge is 0.494 e. The number of nitrogens with zero attached hydrogens (tertiary/aromatic N) is 2. The molecule has 1 N–H and O–H groups in total. The Labute approximate surface area is 189 Å². The lowest BCUT2D eigenvalue weighted by Crippen LogP contribution is -2.32. The molecule has 1 unspecified atom stereocenters. The summed E-state index contributed by atoms with van der Waals surface area (Å²) in [6.07, 6.45) is 0. The first-order valence-corrected chi connectivity index (χ1v) is 9.56. The Hall–Kier alpha value is -3.04. The van der Waals surface area contributed by atoms with E-state index in [9.17, 15) is 9.59 Å². The van der Waals surface area contributed by atoms with Gasteiger partial charge in [0.25, 0.3) is 5.91 Å². The van der Waals surface area contributed by atoms with Crippen LogP contribution in [-0.4, -0.2) is 46.2 Å². The van der Waals surface area contributed by atoms with Crippen LogP contribution in [0.3, 0.4) is 0 Å². The van der Waals surface area contributed by atoms with Crippen LogP contribution in [0.5, 0.6) is 23.0 Å². The van der Waals surface area contributed by atoms with Gasteiger partial charge in [-0.25, -0.2) is 0 Å². The highest BCUT2D eigenvalue weighted by Crippen LogP contribution is 2.39. The van der Waals surface area contributed by atoms with E-state index in [4.69, 9.17) is 42.1 Å². The van der Waals surface area contributed by atoms with Gasteiger partial charge in [-0.05, 0) is 6.92 Å². The molecule has 1 atom stereocenters. The average molecular weight is 470 g/mol. The molecule has 0 bridgehead atoms. The Morgan fingerprint density at radius 1 is 0.871 bits per heavy atom. The third-order valence-electron chi connectivity index (χ3n) is 4.09. The van der Waals surface area contributed by atoms with Crippen LogP contribution in [0.25, 0.3) is 0 Å². The third-order valence-corrected chi connectivity index (χ3v) is 4.61. The summed E-state index contributed by atoms with van der Waals surface area (Å²) in [5.41, 5.74) is 0.394. The number of ether oxygens (including phenoxy) is 4. The normalized spacial score (nSPS) is 11.7. The smallest absolute Gasteiger partial charge is 0.259 e. The molecule has 0 heterocycles. The van der Waals surface area contributed by atoms with Gasteiger partial charge in [-0.3, -0.25) is 9.59 Å². The highest BCUT2D eigenvalue weighted by Gasteiger charge is 2.26. The highest BCUT2D eigenvalue weighted by atomic mass is 35.5. The number of carbonyl (C=O) groups excluding carboxylic acids is 2. The quantitative estimate of drug-likeness (QED) is 0.420. The van der Waals surface area contributed by atoms with Crippen molar-refractivity contribution in [1.29, 1.82) is 0 Å². The van der Waals surface area contributed by atoms with Crippen LogP contribution >= 0.6 is 23.2 Å². The van der Waals surface area contributed by atoms with Crippen LogP contribution in [0, 0.1) is 0 Å². The number of hydrogen-bond acceptors (Lipinski definition) is 8. The fraction of sp³-hybridized carbons (Fsp3) is 0.300. The van der Waals surface area contributed by atoms with E-state index >= 15 is 0 Å². The minimum Gasteiger partial charge on any atom is -0.494 e. The minimum absolute atomic E-state index is 0.194. The number of azo groups is 1. The number of anilines is 1. The number of amides is 1. The van der Waals surface area contributed by atoms with Crippen molar-refractivity contribution in [3.05, 3.63) is 34.3 Å². The summed E-state index contributed by atoms with van der Waals surface area (Å²) < 4.78 is 20.8. The molecule has 2 aromatic carbocycles. The molecule has 0 aliphatic heterocycles. The molecule has 0 aromatic heterocycles. The fourth-order valence-corrected chi connectivity index (χ4v) is 2.94. The van der Waals surface area contributed by atoms with E-state index in [0.717, 1.165) is 0 Å². The summed E-state index contributed by atoms with van der Waals surface area (Å²) in [7, 11) is 5.72. The second kappa shape index (κ2) is 10.8. The van der Waals surface area contributed by atoms with Gasteiger partial charge in [0, 0.05) is 29.3 Å². The summed E-state index contributed by atoms with van der Waals surface area (Å²) in [5.74, 6) is -0.0224. The number of hydrogen-bond donors (Lipinski definition) is 1. The van der Waals surface area contributed by atoms with E-state index in [-0.39, 0.29) is 27.9 Å². The maximum Gasteiger partial charge on any atom is 0.259 e. The highest BCUT2D eigenvalue weighted by molar-refractivity contribution is 6.33. The zero-order chi connectivity index (χ0) is 23.1. The minimum atomic E-state index is -1.45. The summed E-state index contributed by atoms with van der Waals surface area (Å²) in [6.45, 7) is 1.22. The van der Waals surface area contributed by atoms with Crippen LogP contribution in [0.2, 0.25) is 10.0 Å². The van der Waals surface area contributed by atoms with Crippen molar-refractivity contribution in [2.24, 2.45) is 10.2 Å². The second-order valence-electron chi connectivity index (χ2n) is 6.06. The molecule has 9 nitrogen and oxygen atoms in total. The van der Waals surface area contributed by atoms with Crippen molar-refractivity contribution >= 4 is 46.3 Å². The van der Waals surface area contributed by atoms with Crippen LogP contribution < -0.4 is 24.3 Å². The number of rotatable bonds is 9. The predicted octanol–water partition coefficient (Wildman–Crippen LogP) is 4.71. The molecule has 11 heteroatoms. The Bertz CT molecular complexity index is 988. The predicted molar refractivity (Wildman–Crippen MR) is 117 cm³/mol. The number of ketones is 1. The molecule has 0 spiro atoms. The lowest BCUT2D eigenvalue weighted by atomic mass is 10.2. The number of carbonyl (C=O) groups is 2. The molecule has 0 aliphatic rings. The van der Waals surface area contributed by atoms with Crippen LogP contribution in [-0.2, 0) is 9.59 Å². The van der Waals surface area contributed by atoms with E-state index in [1.165, 1.54) is 59.6 Å².